The Kier molecular flexibility index (Phi) is 4.36. The summed E-state index contributed by atoms with van der Waals surface area (Å²) in [7, 11) is 0. The molecule has 4 heteroatoms. The van der Waals surface area contributed by atoms with Crippen LogP contribution in [0.25, 0.3) is 11.4 Å². The molecule has 0 unspecified atom stereocenters. The van der Waals surface area contributed by atoms with Gasteiger partial charge in [-0.3, -0.25) is 4.79 Å². The van der Waals surface area contributed by atoms with Crippen molar-refractivity contribution in [2.75, 3.05) is 5.32 Å². The molecule has 0 spiro atoms. The molecule has 1 N–H and O–H groups in total. The average molecular weight is 283 g/mol. The molecule has 0 atom stereocenters. The summed E-state index contributed by atoms with van der Waals surface area (Å²) >= 11 is 0. The Balaban J connectivity index is 2.05. The second kappa shape index (κ2) is 6.04. The number of aromatic nitrogens is 2. The molecule has 0 fully saturated rings. The number of benzene rings is 1. The lowest BCUT2D eigenvalue weighted by molar-refractivity contribution is -0.117. The van der Waals surface area contributed by atoms with Crippen LogP contribution < -0.4 is 5.32 Å². The number of nitrogens with one attached hydrogen (secondary N) is 1. The van der Waals surface area contributed by atoms with Crippen molar-refractivity contribution in [1.29, 1.82) is 0 Å². The minimum atomic E-state index is -0.0349. The van der Waals surface area contributed by atoms with Crippen LogP contribution in [-0.4, -0.2) is 15.9 Å². The molecule has 110 valence electrons. The van der Waals surface area contributed by atoms with Crippen LogP contribution in [0.3, 0.4) is 0 Å². The number of hydrogen-bond acceptors (Lipinski definition) is 3. The van der Waals surface area contributed by atoms with Crippen LogP contribution >= 0.6 is 0 Å². The fourth-order valence-electron chi connectivity index (χ4n) is 1.93. The minimum absolute atomic E-state index is 0.0193. The van der Waals surface area contributed by atoms with Gasteiger partial charge in [0.15, 0.2) is 5.82 Å². The second-order valence-corrected chi connectivity index (χ2v) is 6.45. The molecule has 0 aliphatic heterocycles. The van der Waals surface area contributed by atoms with Crippen molar-refractivity contribution in [3.8, 4) is 11.4 Å². The molecule has 2 rings (SSSR count). The Hall–Kier alpha value is -2.23. The van der Waals surface area contributed by atoms with Gasteiger partial charge in [0.1, 0.15) is 0 Å². The van der Waals surface area contributed by atoms with E-state index in [2.05, 4.69) is 15.3 Å². The van der Waals surface area contributed by atoms with Gasteiger partial charge in [-0.25, -0.2) is 9.97 Å². The predicted molar refractivity (Wildman–Crippen MR) is 84.9 cm³/mol. The number of carbonyl (C=O) groups excluding carboxylic acids is 1. The predicted octanol–water partition coefficient (Wildman–Crippen LogP) is 3.83. The summed E-state index contributed by atoms with van der Waals surface area (Å²) in [4.78, 5) is 20.5. The van der Waals surface area contributed by atoms with Gasteiger partial charge in [-0.15, -0.1) is 0 Å². The number of rotatable bonds is 3. The summed E-state index contributed by atoms with van der Waals surface area (Å²) in [6, 6.07) is 8.03. The van der Waals surface area contributed by atoms with E-state index in [4.69, 9.17) is 0 Å². The van der Waals surface area contributed by atoms with E-state index in [1.54, 1.807) is 12.4 Å². The van der Waals surface area contributed by atoms with Gasteiger partial charge in [-0.2, -0.15) is 0 Å². The molecule has 2 aromatic rings. The maximum atomic E-state index is 11.9. The quantitative estimate of drug-likeness (QED) is 0.931. The first-order valence-corrected chi connectivity index (χ1v) is 7.02. The van der Waals surface area contributed by atoms with Gasteiger partial charge in [0, 0.05) is 12.0 Å². The zero-order valence-corrected chi connectivity index (χ0v) is 13.0. The standard InChI is InChI=1S/C17H21N3O/c1-12-5-7-13(8-6-12)16-18-10-14(11-19-16)20-15(21)9-17(2,3)4/h5-8,10-11H,9H2,1-4H3,(H,20,21). The van der Waals surface area contributed by atoms with E-state index >= 15 is 0 Å². The summed E-state index contributed by atoms with van der Waals surface area (Å²) in [6.45, 7) is 8.13. The largest absolute Gasteiger partial charge is 0.323 e. The van der Waals surface area contributed by atoms with E-state index in [0.717, 1.165) is 5.56 Å². The highest BCUT2D eigenvalue weighted by molar-refractivity contribution is 5.90. The van der Waals surface area contributed by atoms with E-state index in [1.165, 1.54) is 5.56 Å². The van der Waals surface area contributed by atoms with Gasteiger partial charge in [0.05, 0.1) is 18.1 Å². The monoisotopic (exact) mass is 283 g/mol. The van der Waals surface area contributed by atoms with Crippen molar-refractivity contribution in [2.24, 2.45) is 5.41 Å². The number of aryl methyl sites for hydroxylation is 1. The lowest BCUT2D eigenvalue weighted by Gasteiger charge is -2.17. The van der Waals surface area contributed by atoms with E-state index in [9.17, 15) is 4.79 Å². The fraction of sp³-hybridized carbons (Fsp3) is 0.353. The first-order chi connectivity index (χ1) is 9.83. The van der Waals surface area contributed by atoms with Gasteiger partial charge < -0.3 is 5.32 Å². The van der Waals surface area contributed by atoms with E-state index in [-0.39, 0.29) is 11.3 Å². The molecule has 1 amide bonds. The Morgan fingerprint density at radius 2 is 1.67 bits per heavy atom. The topological polar surface area (TPSA) is 54.9 Å². The first-order valence-electron chi connectivity index (χ1n) is 7.02. The summed E-state index contributed by atoms with van der Waals surface area (Å²) in [5, 5.41) is 2.82. The van der Waals surface area contributed by atoms with Gasteiger partial charge in [-0.05, 0) is 12.3 Å². The highest BCUT2D eigenvalue weighted by Crippen LogP contribution is 2.20. The van der Waals surface area contributed by atoms with Crippen LogP contribution in [-0.2, 0) is 4.79 Å². The highest BCUT2D eigenvalue weighted by atomic mass is 16.1. The zero-order valence-electron chi connectivity index (χ0n) is 13.0. The molecular weight excluding hydrogens is 262 g/mol. The average Bonchev–Trinajstić information content (AvgIpc) is 2.38. The van der Waals surface area contributed by atoms with Crippen LogP contribution in [0.4, 0.5) is 5.69 Å². The van der Waals surface area contributed by atoms with Crippen LogP contribution in [0.15, 0.2) is 36.7 Å². The summed E-state index contributed by atoms with van der Waals surface area (Å²) in [6.07, 6.45) is 3.75. The minimum Gasteiger partial charge on any atom is -0.323 e. The highest BCUT2D eigenvalue weighted by Gasteiger charge is 2.16. The SMILES string of the molecule is Cc1ccc(-c2ncc(NC(=O)CC(C)(C)C)cn2)cc1. The van der Waals surface area contributed by atoms with Crippen molar-refractivity contribution in [3.63, 3.8) is 0 Å². The Morgan fingerprint density at radius 1 is 1.10 bits per heavy atom. The fourth-order valence-corrected chi connectivity index (χ4v) is 1.93. The van der Waals surface area contributed by atoms with Crippen molar-refractivity contribution < 1.29 is 4.79 Å². The molecule has 1 aromatic carbocycles. The van der Waals surface area contributed by atoms with Gasteiger partial charge in [0.2, 0.25) is 5.91 Å². The molecule has 0 aliphatic rings. The van der Waals surface area contributed by atoms with Crippen molar-refractivity contribution in [1.82, 2.24) is 9.97 Å². The number of amides is 1. The van der Waals surface area contributed by atoms with Crippen LogP contribution in [0.5, 0.6) is 0 Å². The maximum absolute atomic E-state index is 11.9. The normalized spacial score (nSPS) is 11.2. The third-order valence-electron chi connectivity index (χ3n) is 2.94. The maximum Gasteiger partial charge on any atom is 0.224 e. The van der Waals surface area contributed by atoms with Gasteiger partial charge >= 0.3 is 0 Å². The van der Waals surface area contributed by atoms with Crippen molar-refractivity contribution in [3.05, 3.63) is 42.2 Å². The van der Waals surface area contributed by atoms with E-state index in [1.807, 2.05) is 52.0 Å². The van der Waals surface area contributed by atoms with Crippen LogP contribution in [0.1, 0.15) is 32.8 Å². The van der Waals surface area contributed by atoms with E-state index < -0.39 is 0 Å². The molecule has 0 aliphatic carbocycles. The van der Waals surface area contributed by atoms with Crippen molar-refractivity contribution >= 4 is 11.6 Å². The Bertz CT molecular complexity index is 610. The smallest absolute Gasteiger partial charge is 0.224 e. The molecule has 0 bridgehead atoms. The molecule has 21 heavy (non-hydrogen) atoms. The second-order valence-electron chi connectivity index (χ2n) is 6.45. The molecule has 0 saturated heterocycles. The number of nitrogens with zero attached hydrogens (tertiary/aromatic N) is 2. The van der Waals surface area contributed by atoms with Crippen LogP contribution in [0.2, 0.25) is 0 Å². The molecule has 4 nitrogen and oxygen atoms in total. The molecule has 0 saturated carbocycles. The Labute approximate surface area is 125 Å². The van der Waals surface area contributed by atoms with E-state index in [0.29, 0.717) is 17.9 Å². The lowest BCUT2D eigenvalue weighted by Crippen LogP contribution is -2.19. The summed E-state index contributed by atoms with van der Waals surface area (Å²) in [5.41, 5.74) is 2.75. The molecular formula is C17H21N3O. The zero-order chi connectivity index (χ0) is 15.5. The van der Waals surface area contributed by atoms with Gasteiger partial charge in [-0.1, -0.05) is 50.6 Å². The third kappa shape index (κ3) is 4.67. The third-order valence-corrected chi connectivity index (χ3v) is 2.94. The first kappa shape index (κ1) is 15.2. The molecule has 1 aromatic heterocycles. The van der Waals surface area contributed by atoms with Gasteiger partial charge in [0.25, 0.3) is 0 Å². The molecule has 1 heterocycles. The summed E-state index contributed by atoms with van der Waals surface area (Å²) < 4.78 is 0. The van der Waals surface area contributed by atoms with Crippen molar-refractivity contribution in [2.45, 2.75) is 34.1 Å². The summed E-state index contributed by atoms with van der Waals surface area (Å²) in [5.74, 6) is 0.637. The molecule has 0 radical (unpaired) electrons. The Morgan fingerprint density at radius 3 is 2.19 bits per heavy atom. The number of anilines is 1. The van der Waals surface area contributed by atoms with Crippen LogP contribution in [0, 0.1) is 12.3 Å². The number of carbonyl (C=O) groups is 1. The number of hydrogen-bond donors (Lipinski definition) is 1. The lowest BCUT2D eigenvalue weighted by atomic mass is 9.92.